The van der Waals surface area contributed by atoms with Gasteiger partial charge in [0.05, 0.1) is 0 Å². The molecule has 2 N–H and O–H groups in total. The number of carbonyl (C=O) groups is 1. The van der Waals surface area contributed by atoms with E-state index < -0.39 is 6.09 Å². The summed E-state index contributed by atoms with van der Waals surface area (Å²) >= 11 is 0. The number of amides is 1. The monoisotopic (exact) mass is 339 g/mol. The molecule has 0 aromatic heterocycles. The Bertz CT molecular complexity index is 290. The van der Waals surface area contributed by atoms with E-state index in [-0.39, 0.29) is 0 Å². The van der Waals surface area contributed by atoms with Crippen LogP contribution in [0, 0.1) is 0 Å². The van der Waals surface area contributed by atoms with Gasteiger partial charge in [-0.1, -0.05) is 89.7 Å². The van der Waals surface area contributed by atoms with Crippen LogP contribution in [0.2, 0.25) is 0 Å². The van der Waals surface area contributed by atoms with E-state index in [1.165, 1.54) is 89.9 Å². The van der Waals surface area contributed by atoms with Gasteiger partial charge in [0.1, 0.15) is 0 Å². The molecule has 0 aliphatic carbocycles. The van der Waals surface area contributed by atoms with E-state index in [1.807, 2.05) is 0 Å². The molecule has 0 radical (unpaired) electrons. The summed E-state index contributed by atoms with van der Waals surface area (Å²) in [4.78, 5) is 10.3. The third-order valence-electron chi connectivity index (χ3n) is 4.46. The van der Waals surface area contributed by atoms with Crippen molar-refractivity contribution >= 4 is 6.09 Å². The largest absolute Gasteiger partial charge is 0.465 e. The van der Waals surface area contributed by atoms with E-state index in [4.69, 9.17) is 5.11 Å². The molecule has 0 aliphatic heterocycles. The lowest BCUT2D eigenvalue weighted by molar-refractivity contribution is 0.194. The van der Waals surface area contributed by atoms with Crippen LogP contribution in [0.4, 0.5) is 4.79 Å². The molecule has 3 nitrogen and oxygen atoms in total. The van der Waals surface area contributed by atoms with Crippen LogP contribution in [0.15, 0.2) is 12.2 Å². The zero-order valence-electron chi connectivity index (χ0n) is 16.0. The number of carboxylic acid groups (broad SMARTS) is 1. The molecule has 0 rings (SSSR count). The summed E-state index contributed by atoms with van der Waals surface area (Å²) in [5.41, 5.74) is 0. The fraction of sp³-hybridized carbons (Fsp3) is 0.857. The minimum atomic E-state index is -0.906. The maximum absolute atomic E-state index is 10.3. The van der Waals surface area contributed by atoms with Crippen molar-refractivity contribution in [1.82, 2.24) is 5.32 Å². The lowest BCUT2D eigenvalue weighted by Crippen LogP contribution is -2.21. The Kier molecular flexibility index (Phi) is 19.2. The van der Waals surface area contributed by atoms with Crippen molar-refractivity contribution in [2.24, 2.45) is 0 Å². The quantitative estimate of drug-likeness (QED) is 0.207. The Morgan fingerprint density at radius 2 is 1.12 bits per heavy atom. The van der Waals surface area contributed by atoms with Crippen molar-refractivity contribution in [2.75, 3.05) is 6.54 Å². The Morgan fingerprint density at radius 1 is 0.708 bits per heavy atom. The first-order chi connectivity index (χ1) is 11.8. The summed E-state index contributed by atoms with van der Waals surface area (Å²) in [5.74, 6) is 0. The van der Waals surface area contributed by atoms with Crippen molar-refractivity contribution in [2.45, 2.75) is 110 Å². The molecule has 0 saturated carbocycles. The first kappa shape index (κ1) is 23.0. The second-order valence-electron chi connectivity index (χ2n) is 6.88. The molecule has 0 aliphatic rings. The lowest BCUT2D eigenvalue weighted by atomic mass is 10.1. The van der Waals surface area contributed by atoms with Crippen LogP contribution in [0.1, 0.15) is 110 Å². The van der Waals surface area contributed by atoms with Gasteiger partial charge in [-0.2, -0.15) is 0 Å². The highest BCUT2D eigenvalue weighted by molar-refractivity contribution is 5.64. The number of hydrogen-bond donors (Lipinski definition) is 2. The zero-order chi connectivity index (χ0) is 17.7. The Labute approximate surface area is 150 Å². The minimum Gasteiger partial charge on any atom is -0.465 e. The fourth-order valence-corrected chi connectivity index (χ4v) is 2.92. The van der Waals surface area contributed by atoms with Crippen LogP contribution in [-0.2, 0) is 0 Å². The van der Waals surface area contributed by atoms with Gasteiger partial charge in [0.15, 0.2) is 0 Å². The Hall–Kier alpha value is -0.990. The molecule has 3 heteroatoms. The van der Waals surface area contributed by atoms with E-state index in [0.29, 0.717) is 6.54 Å². The van der Waals surface area contributed by atoms with Gasteiger partial charge in [-0.25, -0.2) is 4.79 Å². The zero-order valence-corrected chi connectivity index (χ0v) is 16.0. The lowest BCUT2D eigenvalue weighted by Gasteiger charge is -2.02. The number of rotatable bonds is 18. The fourth-order valence-electron chi connectivity index (χ4n) is 2.92. The summed E-state index contributed by atoms with van der Waals surface area (Å²) in [7, 11) is 0. The van der Waals surface area contributed by atoms with Crippen molar-refractivity contribution in [1.29, 1.82) is 0 Å². The van der Waals surface area contributed by atoms with Gasteiger partial charge in [0, 0.05) is 6.54 Å². The van der Waals surface area contributed by atoms with Crippen LogP contribution in [0.3, 0.4) is 0 Å². The predicted octanol–water partition coefficient (Wildman–Crippen LogP) is 7.07. The van der Waals surface area contributed by atoms with Gasteiger partial charge in [-0.3, -0.25) is 0 Å². The molecule has 24 heavy (non-hydrogen) atoms. The van der Waals surface area contributed by atoms with Crippen LogP contribution in [-0.4, -0.2) is 17.7 Å². The van der Waals surface area contributed by atoms with Crippen LogP contribution >= 0.6 is 0 Å². The van der Waals surface area contributed by atoms with E-state index in [0.717, 1.165) is 12.8 Å². The molecule has 1 amide bonds. The molecule has 142 valence electrons. The van der Waals surface area contributed by atoms with Crippen molar-refractivity contribution in [3.05, 3.63) is 12.2 Å². The van der Waals surface area contributed by atoms with Crippen LogP contribution in [0.25, 0.3) is 0 Å². The molecular formula is C21H41NO2. The topological polar surface area (TPSA) is 49.3 Å². The number of nitrogens with one attached hydrogen (secondary N) is 1. The molecule has 0 aromatic carbocycles. The van der Waals surface area contributed by atoms with Gasteiger partial charge in [0.25, 0.3) is 0 Å². The second-order valence-corrected chi connectivity index (χ2v) is 6.88. The number of hydrogen-bond acceptors (Lipinski definition) is 1. The van der Waals surface area contributed by atoms with Crippen molar-refractivity contribution in [3.8, 4) is 0 Å². The van der Waals surface area contributed by atoms with Crippen LogP contribution < -0.4 is 5.32 Å². The maximum atomic E-state index is 10.3. The standard InChI is InChI=1S/C21H41NO2/c1-2-3-4-5-6-7-8-9-10-11-12-13-14-15-16-17-18-19-20-22-21(23)24/h9-10,22H,2-8,11-20H2,1H3,(H,23,24). The predicted molar refractivity (Wildman–Crippen MR) is 105 cm³/mol. The molecule has 0 spiro atoms. The molecule has 0 unspecified atom stereocenters. The first-order valence-electron chi connectivity index (χ1n) is 10.4. The number of allylic oxidation sites excluding steroid dienone is 2. The van der Waals surface area contributed by atoms with Gasteiger partial charge in [-0.05, 0) is 32.1 Å². The third kappa shape index (κ3) is 21.0. The Morgan fingerprint density at radius 3 is 1.58 bits per heavy atom. The van der Waals surface area contributed by atoms with Gasteiger partial charge < -0.3 is 10.4 Å². The minimum absolute atomic E-state index is 0.598. The molecule has 0 saturated heterocycles. The molecule has 0 aromatic rings. The summed E-state index contributed by atoms with van der Waals surface area (Å²) in [6.45, 7) is 2.87. The Balaban J connectivity index is 3.06. The third-order valence-corrected chi connectivity index (χ3v) is 4.46. The summed E-state index contributed by atoms with van der Waals surface area (Å²) in [6, 6.07) is 0. The summed E-state index contributed by atoms with van der Waals surface area (Å²) in [5, 5.41) is 10.9. The highest BCUT2D eigenvalue weighted by Crippen LogP contribution is 2.11. The van der Waals surface area contributed by atoms with Gasteiger partial charge >= 0.3 is 6.09 Å². The maximum Gasteiger partial charge on any atom is 0.404 e. The molecular weight excluding hydrogens is 298 g/mol. The molecule has 0 heterocycles. The van der Waals surface area contributed by atoms with E-state index >= 15 is 0 Å². The number of unbranched alkanes of at least 4 members (excludes halogenated alkanes) is 14. The molecule has 0 fully saturated rings. The highest BCUT2D eigenvalue weighted by atomic mass is 16.4. The highest BCUT2D eigenvalue weighted by Gasteiger charge is 1.94. The van der Waals surface area contributed by atoms with E-state index in [2.05, 4.69) is 24.4 Å². The smallest absolute Gasteiger partial charge is 0.404 e. The van der Waals surface area contributed by atoms with E-state index in [9.17, 15) is 4.79 Å². The van der Waals surface area contributed by atoms with Gasteiger partial charge in [0.2, 0.25) is 0 Å². The summed E-state index contributed by atoms with van der Waals surface area (Å²) < 4.78 is 0. The average Bonchev–Trinajstić information content (AvgIpc) is 2.56. The molecule has 0 bridgehead atoms. The summed E-state index contributed by atoms with van der Waals surface area (Å²) in [6.07, 6.45) is 24.7. The normalized spacial score (nSPS) is 11.2. The van der Waals surface area contributed by atoms with E-state index in [1.54, 1.807) is 0 Å². The second kappa shape index (κ2) is 20.1. The molecule has 0 atom stereocenters. The van der Waals surface area contributed by atoms with Gasteiger partial charge in [-0.15, -0.1) is 0 Å². The van der Waals surface area contributed by atoms with Crippen molar-refractivity contribution < 1.29 is 9.90 Å². The first-order valence-corrected chi connectivity index (χ1v) is 10.4. The average molecular weight is 340 g/mol. The van der Waals surface area contributed by atoms with Crippen molar-refractivity contribution in [3.63, 3.8) is 0 Å². The van der Waals surface area contributed by atoms with Crippen LogP contribution in [0.5, 0.6) is 0 Å². The SMILES string of the molecule is CCCCCCCCC=CCCCCCCCCCCNC(=O)O.